The smallest absolute Gasteiger partial charge is 0.0562 e. The van der Waals surface area contributed by atoms with Gasteiger partial charge in [0.1, 0.15) is 0 Å². The molecular weight excluding hydrogens is 713 g/mol. The van der Waals surface area contributed by atoms with Crippen LogP contribution in [0.5, 0.6) is 0 Å². The molecule has 0 spiro atoms. The van der Waals surface area contributed by atoms with Crippen molar-refractivity contribution in [2.24, 2.45) is 0 Å². The molecule has 0 aliphatic heterocycles. The van der Waals surface area contributed by atoms with Crippen molar-refractivity contribution in [1.29, 1.82) is 0 Å². The molecule has 0 bridgehead atoms. The van der Waals surface area contributed by atoms with E-state index in [0.29, 0.717) is 0 Å². The van der Waals surface area contributed by atoms with Crippen LogP contribution in [0.4, 0.5) is 17.1 Å². The van der Waals surface area contributed by atoms with E-state index in [9.17, 15) is 0 Å². The molecule has 280 valence electrons. The second-order valence-electron chi connectivity index (χ2n) is 16.1. The summed E-state index contributed by atoms with van der Waals surface area (Å²) < 4.78 is 2.44. The zero-order valence-electron chi connectivity index (χ0n) is 33.2. The molecule has 59 heavy (non-hydrogen) atoms. The SMILES string of the molecule is CC1(C)c2ccccc2-c2ccc(N(c3ccc4c5c(-c6ccc(-c7ccccc7)cc6)cccc5n(-c5ccccc5)c4c3)c3ccccc3-c3ccccc3)cc21. The largest absolute Gasteiger partial charge is 0.310 e. The summed E-state index contributed by atoms with van der Waals surface area (Å²) in [5.74, 6) is 0. The maximum absolute atomic E-state index is 2.47. The van der Waals surface area contributed by atoms with Gasteiger partial charge in [-0.2, -0.15) is 0 Å². The number of nitrogens with zero attached hydrogens (tertiary/aromatic N) is 2. The molecule has 1 aliphatic rings. The number of anilines is 3. The van der Waals surface area contributed by atoms with Gasteiger partial charge in [-0.25, -0.2) is 0 Å². The van der Waals surface area contributed by atoms with Crippen LogP contribution in [0.1, 0.15) is 25.0 Å². The van der Waals surface area contributed by atoms with Crippen molar-refractivity contribution in [2.75, 3.05) is 4.90 Å². The average molecular weight is 755 g/mol. The van der Waals surface area contributed by atoms with Crippen molar-refractivity contribution >= 4 is 38.9 Å². The molecule has 0 unspecified atom stereocenters. The average Bonchev–Trinajstić information content (AvgIpc) is 3.75. The molecule has 2 heteroatoms. The van der Waals surface area contributed by atoms with Gasteiger partial charge in [0.25, 0.3) is 0 Å². The van der Waals surface area contributed by atoms with Gasteiger partial charge in [-0.05, 0) is 98.6 Å². The number of aromatic nitrogens is 1. The Bertz CT molecular complexity index is 3160. The first kappa shape index (κ1) is 34.8. The predicted octanol–water partition coefficient (Wildman–Crippen LogP) is 15.6. The molecule has 0 N–H and O–H groups in total. The van der Waals surface area contributed by atoms with E-state index in [1.54, 1.807) is 0 Å². The highest BCUT2D eigenvalue weighted by Gasteiger charge is 2.36. The lowest BCUT2D eigenvalue weighted by molar-refractivity contribution is 0.660. The Hall–Kier alpha value is -7.42. The fourth-order valence-corrected chi connectivity index (χ4v) is 9.55. The zero-order valence-corrected chi connectivity index (χ0v) is 33.2. The van der Waals surface area contributed by atoms with Crippen LogP contribution < -0.4 is 4.90 Å². The lowest BCUT2D eigenvalue weighted by Gasteiger charge is -2.30. The van der Waals surface area contributed by atoms with Crippen molar-refractivity contribution in [1.82, 2.24) is 4.57 Å². The van der Waals surface area contributed by atoms with Crippen LogP contribution in [0.25, 0.3) is 72.0 Å². The minimum absolute atomic E-state index is 0.133. The fourth-order valence-electron chi connectivity index (χ4n) is 9.55. The number of para-hydroxylation sites is 2. The van der Waals surface area contributed by atoms with Gasteiger partial charge in [0.2, 0.25) is 0 Å². The first-order chi connectivity index (χ1) is 29.0. The summed E-state index contributed by atoms with van der Waals surface area (Å²) in [6.45, 7) is 4.72. The summed E-state index contributed by atoms with van der Waals surface area (Å²) in [6.07, 6.45) is 0. The molecule has 0 saturated heterocycles. The van der Waals surface area contributed by atoms with Gasteiger partial charge in [0.05, 0.1) is 16.7 Å². The molecule has 10 aromatic rings. The number of hydrogen-bond donors (Lipinski definition) is 0. The zero-order chi connectivity index (χ0) is 39.5. The van der Waals surface area contributed by atoms with E-state index in [1.165, 1.54) is 71.9 Å². The van der Waals surface area contributed by atoms with Crippen LogP contribution in [0.2, 0.25) is 0 Å². The lowest BCUT2D eigenvalue weighted by atomic mass is 9.82. The summed E-state index contributed by atoms with van der Waals surface area (Å²) in [5, 5.41) is 2.47. The Morgan fingerprint density at radius 3 is 1.68 bits per heavy atom. The Labute approximate surface area is 345 Å². The van der Waals surface area contributed by atoms with E-state index in [1.807, 2.05) is 0 Å². The summed E-state index contributed by atoms with van der Waals surface area (Å²) in [7, 11) is 0. The Kier molecular flexibility index (Phi) is 8.20. The molecule has 9 aromatic carbocycles. The summed E-state index contributed by atoms with van der Waals surface area (Å²) in [5.41, 5.74) is 19.3. The van der Waals surface area contributed by atoms with Crippen LogP contribution in [-0.2, 0) is 5.41 Å². The van der Waals surface area contributed by atoms with Crippen molar-refractivity contribution < 1.29 is 0 Å². The van der Waals surface area contributed by atoms with Crippen LogP contribution in [-0.4, -0.2) is 4.57 Å². The van der Waals surface area contributed by atoms with Crippen molar-refractivity contribution in [3.63, 3.8) is 0 Å². The van der Waals surface area contributed by atoms with E-state index >= 15 is 0 Å². The summed E-state index contributed by atoms with van der Waals surface area (Å²) >= 11 is 0. The topological polar surface area (TPSA) is 8.17 Å². The minimum atomic E-state index is -0.133. The third kappa shape index (κ3) is 5.71. The lowest BCUT2D eigenvalue weighted by Crippen LogP contribution is -2.17. The molecule has 0 amide bonds. The molecule has 2 nitrogen and oxygen atoms in total. The molecule has 1 aromatic heterocycles. The third-order valence-electron chi connectivity index (χ3n) is 12.4. The van der Waals surface area contributed by atoms with Crippen LogP contribution in [0.15, 0.2) is 218 Å². The first-order valence-electron chi connectivity index (χ1n) is 20.5. The van der Waals surface area contributed by atoms with Gasteiger partial charge >= 0.3 is 0 Å². The van der Waals surface area contributed by atoms with Crippen LogP contribution in [0, 0.1) is 0 Å². The second-order valence-corrected chi connectivity index (χ2v) is 16.1. The normalized spacial score (nSPS) is 12.7. The Balaban J connectivity index is 1.15. The van der Waals surface area contributed by atoms with E-state index < -0.39 is 0 Å². The summed E-state index contributed by atoms with van der Waals surface area (Å²) in [6, 6.07) is 79.8. The van der Waals surface area contributed by atoms with Crippen molar-refractivity contribution in [3.8, 4) is 50.2 Å². The molecule has 0 saturated carbocycles. The van der Waals surface area contributed by atoms with Gasteiger partial charge in [0.15, 0.2) is 0 Å². The molecular formula is C57H42N2. The third-order valence-corrected chi connectivity index (χ3v) is 12.4. The molecule has 0 radical (unpaired) electrons. The van der Waals surface area contributed by atoms with E-state index in [0.717, 1.165) is 28.3 Å². The van der Waals surface area contributed by atoms with E-state index in [4.69, 9.17) is 0 Å². The number of rotatable bonds is 7. The molecule has 1 aliphatic carbocycles. The van der Waals surface area contributed by atoms with Gasteiger partial charge in [0, 0.05) is 38.8 Å². The second kappa shape index (κ2) is 13.9. The van der Waals surface area contributed by atoms with Crippen molar-refractivity contribution in [2.45, 2.75) is 19.3 Å². The van der Waals surface area contributed by atoms with Gasteiger partial charge < -0.3 is 9.47 Å². The maximum Gasteiger partial charge on any atom is 0.0562 e. The van der Waals surface area contributed by atoms with Gasteiger partial charge in [-0.3, -0.25) is 0 Å². The highest BCUT2D eigenvalue weighted by Crippen LogP contribution is 2.52. The van der Waals surface area contributed by atoms with E-state index in [2.05, 4.69) is 242 Å². The molecule has 1 heterocycles. The first-order valence-corrected chi connectivity index (χ1v) is 20.5. The summed E-state index contributed by atoms with van der Waals surface area (Å²) in [4.78, 5) is 2.47. The fraction of sp³-hybridized carbons (Fsp3) is 0.0526. The highest BCUT2D eigenvalue weighted by atomic mass is 15.1. The monoisotopic (exact) mass is 754 g/mol. The number of fused-ring (bicyclic) bond motifs is 6. The standard InChI is InChI=1S/C57H42N2/c1-57(2)51-26-14-12-24-48(51)49-35-33-44(37-52(49)57)58(53-27-15-13-23-46(53)41-19-8-4-9-20-41)45-34-36-50-55(38-45)59(43-21-10-5-11-22-43)54-28-16-25-47(56(50)54)42-31-29-40(30-32-42)39-17-6-3-7-18-39/h3-38H,1-2H3. The number of benzene rings is 9. The number of hydrogen-bond acceptors (Lipinski definition) is 1. The maximum atomic E-state index is 2.47. The quantitative estimate of drug-likeness (QED) is 0.157. The molecule has 0 atom stereocenters. The minimum Gasteiger partial charge on any atom is -0.310 e. The van der Waals surface area contributed by atoms with Gasteiger partial charge in [-0.1, -0.05) is 184 Å². The predicted molar refractivity (Wildman–Crippen MR) is 249 cm³/mol. The molecule has 0 fully saturated rings. The molecule has 11 rings (SSSR count). The van der Waals surface area contributed by atoms with Gasteiger partial charge in [-0.15, -0.1) is 0 Å². The highest BCUT2D eigenvalue weighted by molar-refractivity contribution is 6.16. The van der Waals surface area contributed by atoms with Crippen LogP contribution >= 0.6 is 0 Å². The van der Waals surface area contributed by atoms with Crippen LogP contribution in [0.3, 0.4) is 0 Å². The van der Waals surface area contributed by atoms with Crippen molar-refractivity contribution in [3.05, 3.63) is 230 Å². The Morgan fingerprint density at radius 1 is 0.373 bits per heavy atom. The Morgan fingerprint density at radius 2 is 0.915 bits per heavy atom. The van der Waals surface area contributed by atoms with E-state index in [-0.39, 0.29) is 5.41 Å².